The van der Waals surface area contributed by atoms with Crippen LogP contribution in [0.25, 0.3) is 56.9 Å². The van der Waals surface area contributed by atoms with Crippen LogP contribution in [0.5, 0.6) is 0 Å². The van der Waals surface area contributed by atoms with Gasteiger partial charge in [-0.15, -0.1) is 0 Å². The Morgan fingerprint density at radius 2 is 0.542 bits per heavy atom. The minimum atomic E-state index is 0.0909. The molecule has 0 saturated heterocycles. The Labute approximate surface area is 282 Å². The van der Waals surface area contributed by atoms with Gasteiger partial charge in [0.05, 0.1) is 0 Å². The van der Waals surface area contributed by atoms with Crippen molar-refractivity contribution in [2.45, 2.75) is 79.1 Å². The van der Waals surface area contributed by atoms with E-state index in [1.54, 1.807) is 0 Å². The lowest BCUT2D eigenvalue weighted by molar-refractivity contribution is 0.697. The van der Waals surface area contributed by atoms with Crippen LogP contribution in [-0.4, -0.2) is 44.9 Å². The van der Waals surface area contributed by atoms with Gasteiger partial charge in [-0.25, -0.2) is 44.9 Å². The van der Waals surface area contributed by atoms with Gasteiger partial charge in [-0.05, 0) is 18.2 Å². The molecule has 0 spiro atoms. The third-order valence-corrected chi connectivity index (χ3v) is 7.81. The second-order valence-electron chi connectivity index (χ2n) is 13.2. The number of nitrogens with zero attached hydrogens (tertiary/aromatic N) is 9. The highest BCUT2D eigenvalue weighted by Gasteiger charge is 2.20. The lowest BCUT2D eigenvalue weighted by atomic mass is 10.0. The number of aromatic nitrogens is 9. The van der Waals surface area contributed by atoms with E-state index in [4.69, 9.17) is 44.9 Å². The minimum Gasteiger partial charge on any atom is -0.217 e. The molecule has 3 aromatic heterocycles. The summed E-state index contributed by atoms with van der Waals surface area (Å²) in [6.07, 6.45) is 0. The van der Waals surface area contributed by atoms with Crippen LogP contribution in [0.15, 0.2) is 78.9 Å². The molecule has 242 valence electrons. The van der Waals surface area contributed by atoms with E-state index in [-0.39, 0.29) is 23.7 Å². The normalized spacial score (nSPS) is 11.7. The van der Waals surface area contributed by atoms with Crippen LogP contribution in [0.1, 0.15) is 102 Å². The third-order valence-electron chi connectivity index (χ3n) is 7.81. The summed E-state index contributed by atoms with van der Waals surface area (Å²) in [5.74, 6) is 6.29. The fourth-order valence-electron chi connectivity index (χ4n) is 5.06. The van der Waals surface area contributed by atoms with Gasteiger partial charge in [-0.1, -0.05) is 116 Å². The maximum Gasteiger partial charge on any atom is 0.163 e. The molecule has 0 amide bonds. The van der Waals surface area contributed by atoms with E-state index in [1.165, 1.54) is 0 Å². The monoisotopic (exact) mass is 635 g/mol. The third kappa shape index (κ3) is 7.15. The van der Waals surface area contributed by atoms with Gasteiger partial charge in [0, 0.05) is 51.5 Å². The predicted octanol–water partition coefficient (Wildman–Crippen LogP) is 9.07. The van der Waals surface area contributed by atoms with Gasteiger partial charge in [-0.3, -0.25) is 0 Å². The van der Waals surface area contributed by atoms with Crippen LogP contribution in [0.4, 0.5) is 0 Å². The van der Waals surface area contributed by atoms with Crippen molar-refractivity contribution in [3.63, 3.8) is 0 Å². The molecule has 3 heterocycles. The van der Waals surface area contributed by atoms with Crippen molar-refractivity contribution in [3.8, 4) is 56.9 Å². The molecule has 0 aliphatic rings. The number of rotatable bonds is 9. The van der Waals surface area contributed by atoms with Crippen molar-refractivity contribution in [2.75, 3.05) is 0 Å². The molecule has 9 heteroatoms. The topological polar surface area (TPSA) is 116 Å². The quantitative estimate of drug-likeness (QED) is 0.153. The van der Waals surface area contributed by atoms with Crippen molar-refractivity contribution >= 4 is 0 Å². The maximum absolute atomic E-state index is 5.00. The molecular formula is C39H41N9. The van der Waals surface area contributed by atoms with Crippen LogP contribution >= 0.6 is 0 Å². The maximum atomic E-state index is 5.00. The van der Waals surface area contributed by atoms with Crippen molar-refractivity contribution in [1.82, 2.24) is 44.9 Å². The molecule has 0 atom stereocenters. The van der Waals surface area contributed by atoms with Crippen molar-refractivity contribution in [1.29, 1.82) is 0 Å². The lowest BCUT2D eigenvalue weighted by Gasteiger charge is -2.15. The second kappa shape index (κ2) is 13.8. The summed E-state index contributed by atoms with van der Waals surface area (Å²) in [5, 5.41) is 0. The van der Waals surface area contributed by atoms with E-state index in [0.717, 1.165) is 39.5 Å². The largest absolute Gasteiger partial charge is 0.217 e. The fraction of sp³-hybridized carbons (Fsp3) is 0.308. The first-order valence-corrected chi connectivity index (χ1v) is 16.6. The van der Waals surface area contributed by atoms with E-state index >= 15 is 0 Å². The Kier molecular flexibility index (Phi) is 9.39. The molecule has 6 rings (SSSR count). The van der Waals surface area contributed by atoms with Gasteiger partial charge < -0.3 is 0 Å². The summed E-state index contributed by atoms with van der Waals surface area (Å²) in [6, 6.07) is 26.1. The average Bonchev–Trinajstić information content (AvgIpc) is 3.11. The first kappa shape index (κ1) is 32.6. The molecule has 0 N–H and O–H groups in total. The van der Waals surface area contributed by atoms with Gasteiger partial charge >= 0.3 is 0 Å². The van der Waals surface area contributed by atoms with Crippen LogP contribution < -0.4 is 0 Å². The summed E-state index contributed by atoms with van der Waals surface area (Å²) < 4.78 is 0. The summed E-state index contributed by atoms with van der Waals surface area (Å²) in [4.78, 5) is 44.3. The van der Waals surface area contributed by atoms with Gasteiger partial charge in [0.25, 0.3) is 0 Å². The molecule has 0 unspecified atom stereocenters. The van der Waals surface area contributed by atoms with Gasteiger partial charge in [-0.2, -0.15) is 0 Å². The Bertz CT molecular complexity index is 1900. The molecule has 9 nitrogen and oxygen atoms in total. The van der Waals surface area contributed by atoms with Crippen LogP contribution in [0, 0.1) is 0 Å². The molecule has 48 heavy (non-hydrogen) atoms. The molecule has 0 saturated carbocycles. The summed E-state index contributed by atoms with van der Waals surface area (Å²) in [5.41, 5.74) is 4.22. The van der Waals surface area contributed by atoms with E-state index in [2.05, 4.69) is 55.4 Å². The number of benzene rings is 3. The van der Waals surface area contributed by atoms with Crippen molar-refractivity contribution < 1.29 is 0 Å². The first-order chi connectivity index (χ1) is 23.0. The van der Waals surface area contributed by atoms with Crippen LogP contribution in [0.3, 0.4) is 0 Å². The molecule has 0 bridgehead atoms. The van der Waals surface area contributed by atoms with Gasteiger partial charge in [0.1, 0.15) is 23.3 Å². The van der Waals surface area contributed by atoms with E-state index in [1.807, 2.05) is 78.9 Å². The molecule has 0 aliphatic heterocycles. The summed E-state index contributed by atoms with van der Waals surface area (Å²) in [7, 11) is 0. The molecule has 0 fully saturated rings. The zero-order valence-corrected chi connectivity index (χ0v) is 28.8. The highest BCUT2D eigenvalue weighted by Crippen LogP contribution is 2.33. The van der Waals surface area contributed by atoms with Crippen molar-refractivity contribution in [3.05, 3.63) is 102 Å². The van der Waals surface area contributed by atoms with Gasteiger partial charge in [0.2, 0.25) is 0 Å². The van der Waals surface area contributed by atoms with Crippen molar-refractivity contribution in [2.24, 2.45) is 0 Å². The van der Waals surface area contributed by atoms with Crippen LogP contribution in [-0.2, 0) is 0 Å². The average molecular weight is 636 g/mol. The minimum absolute atomic E-state index is 0.0909. The second-order valence-corrected chi connectivity index (χ2v) is 13.2. The number of hydrogen-bond donors (Lipinski definition) is 0. The summed E-state index contributed by atoms with van der Waals surface area (Å²) in [6.45, 7) is 16.7. The number of hydrogen-bond acceptors (Lipinski definition) is 9. The Morgan fingerprint density at radius 1 is 0.292 bits per heavy atom. The van der Waals surface area contributed by atoms with E-state index in [9.17, 15) is 0 Å². The zero-order chi connectivity index (χ0) is 33.9. The van der Waals surface area contributed by atoms with Crippen LogP contribution in [0.2, 0.25) is 0 Å². The Hall–Kier alpha value is -5.31. The Balaban J connectivity index is 1.63. The lowest BCUT2D eigenvalue weighted by Crippen LogP contribution is -2.09. The van der Waals surface area contributed by atoms with E-state index < -0.39 is 0 Å². The smallest absolute Gasteiger partial charge is 0.163 e. The van der Waals surface area contributed by atoms with E-state index in [0.29, 0.717) is 40.8 Å². The predicted molar refractivity (Wildman–Crippen MR) is 190 cm³/mol. The SMILES string of the molecule is CC(C)c1nc(-c2ccccc2)nc(-c2cc(-c3nc(-c4ccccc4)nc(C(C)C)n3)cc(-c3nc(C(C)C)nc(C(C)C)n3)c2)n1. The molecule has 3 aromatic carbocycles. The Morgan fingerprint density at radius 3 is 0.833 bits per heavy atom. The van der Waals surface area contributed by atoms with Gasteiger partial charge in [0.15, 0.2) is 29.1 Å². The standard InChI is InChI=1S/C39H41N9/c1-22(2)31-40-32(23(3)4)44-37(43-31)28-19-29(38-45-33(24(5)6)41-35(47-38)26-15-11-9-12-16-26)21-30(20-28)39-46-34(25(7)8)42-36(48-39)27-17-13-10-14-18-27/h9-25H,1-8H3. The molecule has 0 radical (unpaired) electrons. The first-order valence-electron chi connectivity index (χ1n) is 16.6. The molecule has 6 aromatic rings. The fourth-order valence-corrected chi connectivity index (χ4v) is 5.06. The highest BCUT2D eigenvalue weighted by molar-refractivity contribution is 5.76. The molecule has 0 aliphatic carbocycles. The summed E-state index contributed by atoms with van der Waals surface area (Å²) >= 11 is 0. The highest BCUT2D eigenvalue weighted by atomic mass is 15.1. The molecular weight excluding hydrogens is 594 g/mol. The zero-order valence-electron chi connectivity index (χ0n) is 28.8.